The van der Waals surface area contributed by atoms with Gasteiger partial charge in [0, 0.05) is 31.5 Å². The fourth-order valence-corrected chi connectivity index (χ4v) is 2.35. The zero-order valence-electron chi connectivity index (χ0n) is 12.2. The Morgan fingerprint density at radius 1 is 1.43 bits per heavy atom. The molecule has 1 N–H and O–H groups in total. The topological polar surface area (TPSA) is 67.1 Å². The minimum Gasteiger partial charge on any atom is -0.339 e. The molecule has 0 aromatic carbocycles. The summed E-state index contributed by atoms with van der Waals surface area (Å²) in [5.74, 6) is 1.40. The molecule has 0 saturated carbocycles. The fourth-order valence-electron chi connectivity index (χ4n) is 2.35. The van der Waals surface area contributed by atoms with Crippen LogP contribution in [0.15, 0.2) is 22.9 Å². The summed E-state index contributed by atoms with van der Waals surface area (Å²) in [6, 6.07) is 4.23. The van der Waals surface area contributed by atoms with Gasteiger partial charge >= 0.3 is 0 Å². The standard InChI is InChI=1S/C14H19N5O.ClH/c1-10-3-4-11(8-16-10)7-13-17-14(18-20-13)12-9-15-5-6-19(12)2;/h3-4,8,12,15H,5-7,9H2,1-2H3;1H. The number of nitrogens with zero attached hydrogens (tertiary/aromatic N) is 4. The second kappa shape index (κ2) is 6.98. The fraction of sp³-hybridized carbons (Fsp3) is 0.500. The zero-order valence-corrected chi connectivity index (χ0v) is 13.1. The molecule has 0 amide bonds. The van der Waals surface area contributed by atoms with Crippen molar-refractivity contribution in [3.8, 4) is 0 Å². The number of aryl methyl sites for hydroxylation is 1. The summed E-state index contributed by atoms with van der Waals surface area (Å²) in [6.07, 6.45) is 2.48. The van der Waals surface area contributed by atoms with Crippen LogP contribution in [-0.2, 0) is 6.42 Å². The summed E-state index contributed by atoms with van der Waals surface area (Å²) < 4.78 is 5.36. The van der Waals surface area contributed by atoms with Gasteiger partial charge in [0.1, 0.15) is 0 Å². The minimum atomic E-state index is 0. The van der Waals surface area contributed by atoms with Gasteiger partial charge in [-0.2, -0.15) is 4.98 Å². The van der Waals surface area contributed by atoms with Crippen LogP contribution in [0.5, 0.6) is 0 Å². The van der Waals surface area contributed by atoms with Crippen LogP contribution in [-0.4, -0.2) is 46.7 Å². The van der Waals surface area contributed by atoms with Crippen molar-refractivity contribution in [2.24, 2.45) is 0 Å². The number of nitrogens with one attached hydrogen (secondary N) is 1. The lowest BCUT2D eigenvalue weighted by Gasteiger charge is -2.30. The number of piperazine rings is 1. The summed E-state index contributed by atoms with van der Waals surface area (Å²) in [5.41, 5.74) is 2.09. The van der Waals surface area contributed by atoms with Crippen molar-refractivity contribution in [3.05, 3.63) is 41.3 Å². The van der Waals surface area contributed by atoms with Crippen molar-refractivity contribution in [1.29, 1.82) is 0 Å². The number of likely N-dealkylation sites (N-methyl/N-ethyl adjacent to an activating group) is 1. The van der Waals surface area contributed by atoms with Crippen molar-refractivity contribution >= 4 is 12.4 Å². The monoisotopic (exact) mass is 309 g/mol. The molecule has 0 aliphatic carbocycles. The summed E-state index contributed by atoms with van der Waals surface area (Å²) in [6.45, 7) is 4.84. The van der Waals surface area contributed by atoms with E-state index >= 15 is 0 Å². The van der Waals surface area contributed by atoms with Crippen molar-refractivity contribution in [1.82, 2.24) is 25.3 Å². The summed E-state index contributed by atoms with van der Waals surface area (Å²) >= 11 is 0. The molecule has 3 rings (SSSR count). The van der Waals surface area contributed by atoms with Crippen LogP contribution in [0.25, 0.3) is 0 Å². The first-order chi connectivity index (χ1) is 9.72. The average molecular weight is 310 g/mol. The Bertz CT molecular complexity index is 571. The van der Waals surface area contributed by atoms with Crippen LogP contribution in [0, 0.1) is 6.92 Å². The molecular weight excluding hydrogens is 290 g/mol. The first-order valence-corrected chi connectivity index (χ1v) is 6.87. The largest absolute Gasteiger partial charge is 0.339 e. The molecular formula is C14H20ClN5O. The third-order valence-corrected chi connectivity index (χ3v) is 3.62. The summed E-state index contributed by atoms with van der Waals surface area (Å²) in [4.78, 5) is 11.0. The van der Waals surface area contributed by atoms with Gasteiger partial charge in [-0.25, -0.2) is 0 Å². The molecule has 2 aromatic heterocycles. The van der Waals surface area contributed by atoms with E-state index in [4.69, 9.17) is 4.52 Å². The van der Waals surface area contributed by atoms with E-state index < -0.39 is 0 Å². The highest BCUT2D eigenvalue weighted by Gasteiger charge is 2.25. The van der Waals surface area contributed by atoms with Crippen LogP contribution in [0.3, 0.4) is 0 Å². The second-order valence-corrected chi connectivity index (χ2v) is 5.23. The maximum absolute atomic E-state index is 5.36. The van der Waals surface area contributed by atoms with Crippen LogP contribution in [0.1, 0.15) is 29.0 Å². The number of rotatable bonds is 3. The molecule has 1 aliphatic heterocycles. The minimum absolute atomic E-state index is 0. The molecule has 1 atom stereocenters. The predicted molar refractivity (Wildman–Crippen MR) is 81.6 cm³/mol. The molecule has 21 heavy (non-hydrogen) atoms. The van der Waals surface area contributed by atoms with E-state index in [-0.39, 0.29) is 18.4 Å². The Morgan fingerprint density at radius 2 is 2.29 bits per heavy atom. The number of pyridine rings is 1. The molecule has 114 valence electrons. The van der Waals surface area contributed by atoms with E-state index in [1.165, 1.54) is 0 Å². The molecule has 7 heteroatoms. The zero-order chi connectivity index (χ0) is 13.9. The Morgan fingerprint density at radius 3 is 3.00 bits per heavy atom. The molecule has 0 radical (unpaired) electrons. The van der Waals surface area contributed by atoms with Gasteiger partial charge in [0.2, 0.25) is 5.89 Å². The van der Waals surface area contributed by atoms with Gasteiger partial charge in [-0.05, 0) is 25.6 Å². The third-order valence-electron chi connectivity index (χ3n) is 3.62. The molecule has 0 spiro atoms. The number of halogens is 1. The average Bonchev–Trinajstić information content (AvgIpc) is 2.90. The molecule has 1 fully saturated rings. The molecule has 1 unspecified atom stereocenters. The number of hydrogen-bond donors (Lipinski definition) is 1. The Balaban J connectivity index is 0.00000161. The van der Waals surface area contributed by atoms with Crippen LogP contribution >= 0.6 is 12.4 Å². The Kier molecular flexibility index (Phi) is 5.27. The van der Waals surface area contributed by atoms with Crippen LogP contribution < -0.4 is 5.32 Å². The van der Waals surface area contributed by atoms with Crippen molar-refractivity contribution < 1.29 is 4.52 Å². The van der Waals surface area contributed by atoms with Gasteiger partial charge in [0.25, 0.3) is 0 Å². The first-order valence-electron chi connectivity index (χ1n) is 6.87. The lowest BCUT2D eigenvalue weighted by atomic mass is 10.2. The molecule has 3 heterocycles. The Labute approximate surface area is 130 Å². The maximum atomic E-state index is 5.36. The van der Waals surface area contributed by atoms with E-state index in [1.807, 2.05) is 25.3 Å². The number of aromatic nitrogens is 3. The molecule has 1 aliphatic rings. The predicted octanol–water partition coefficient (Wildman–Crippen LogP) is 1.36. The molecule has 0 bridgehead atoms. The molecule has 6 nitrogen and oxygen atoms in total. The maximum Gasteiger partial charge on any atom is 0.231 e. The van der Waals surface area contributed by atoms with E-state index in [0.29, 0.717) is 12.3 Å². The van der Waals surface area contributed by atoms with Gasteiger partial charge < -0.3 is 9.84 Å². The number of hydrogen-bond acceptors (Lipinski definition) is 6. The summed E-state index contributed by atoms with van der Waals surface area (Å²) in [7, 11) is 2.09. The quantitative estimate of drug-likeness (QED) is 0.923. The van der Waals surface area contributed by atoms with Crippen molar-refractivity contribution in [3.63, 3.8) is 0 Å². The van der Waals surface area contributed by atoms with E-state index in [0.717, 1.165) is 36.7 Å². The second-order valence-electron chi connectivity index (χ2n) is 5.23. The lowest BCUT2D eigenvalue weighted by molar-refractivity contribution is 0.190. The first kappa shape index (κ1) is 15.9. The highest BCUT2D eigenvalue weighted by atomic mass is 35.5. The van der Waals surface area contributed by atoms with Crippen LogP contribution in [0.4, 0.5) is 0 Å². The van der Waals surface area contributed by atoms with Crippen LogP contribution in [0.2, 0.25) is 0 Å². The molecule has 1 saturated heterocycles. The smallest absolute Gasteiger partial charge is 0.231 e. The normalized spacial score (nSPS) is 19.2. The lowest BCUT2D eigenvalue weighted by Crippen LogP contribution is -2.44. The van der Waals surface area contributed by atoms with Crippen molar-refractivity contribution in [2.45, 2.75) is 19.4 Å². The highest BCUT2D eigenvalue weighted by molar-refractivity contribution is 5.85. The SMILES string of the molecule is Cc1ccc(Cc2nc(C3CNCCN3C)no2)cn1.Cl. The van der Waals surface area contributed by atoms with E-state index in [9.17, 15) is 0 Å². The van der Waals surface area contributed by atoms with Gasteiger partial charge in [-0.15, -0.1) is 12.4 Å². The van der Waals surface area contributed by atoms with E-state index in [2.05, 4.69) is 32.4 Å². The van der Waals surface area contributed by atoms with E-state index in [1.54, 1.807) is 0 Å². The Hall–Kier alpha value is -1.50. The third kappa shape index (κ3) is 3.78. The van der Waals surface area contributed by atoms with Gasteiger partial charge in [0.05, 0.1) is 12.5 Å². The van der Waals surface area contributed by atoms with Gasteiger partial charge in [-0.1, -0.05) is 11.2 Å². The van der Waals surface area contributed by atoms with Crippen molar-refractivity contribution in [2.75, 3.05) is 26.7 Å². The van der Waals surface area contributed by atoms with Gasteiger partial charge in [-0.3, -0.25) is 9.88 Å². The molecule has 2 aromatic rings. The highest BCUT2D eigenvalue weighted by Crippen LogP contribution is 2.18. The summed E-state index contributed by atoms with van der Waals surface area (Å²) in [5, 5.41) is 7.47. The van der Waals surface area contributed by atoms with Gasteiger partial charge in [0.15, 0.2) is 5.82 Å².